The van der Waals surface area contributed by atoms with Crippen molar-refractivity contribution < 1.29 is 20.4 Å². The molecule has 4 nitrogen and oxygen atoms in total. The number of benzene rings is 2. The standard InChI is InChI=1S/C33H52O4/c1-29(2,3)23-13-21(14-24(27(23)36)30(4,5)6)17-33(19-34,20-35)18-22-15-25(31(7,8)9)28(37)26(16-22)32(10,11)12/h13-16,34-37H,17-20H2,1-12H3. The summed E-state index contributed by atoms with van der Waals surface area (Å²) in [5.41, 5.74) is 3.60. The summed E-state index contributed by atoms with van der Waals surface area (Å²) in [6.07, 6.45) is 0.923. The van der Waals surface area contributed by atoms with Crippen molar-refractivity contribution in [3.05, 3.63) is 57.6 Å². The number of phenolic OH excluding ortho intramolecular Hbond substituents is 2. The largest absolute Gasteiger partial charge is 0.507 e. The van der Waals surface area contributed by atoms with Crippen LogP contribution in [-0.2, 0) is 34.5 Å². The molecule has 0 aromatic heterocycles. The van der Waals surface area contributed by atoms with Gasteiger partial charge in [-0.05, 0) is 67.9 Å². The third kappa shape index (κ3) is 7.09. The monoisotopic (exact) mass is 512 g/mol. The Kier molecular flexibility index (Phi) is 8.65. The van der Waals surface area contributed by atoms with E-state index in [2.05, 4.69) is 83.1 Å². The molecule has 4 N–H and O–H groups in total. The second-order valence-electron chi connectivity index (χ2n) is 15.2. The summed E-state index contributed by atoms with van der Waals surface area (Å²) < 4.78 is 0. The normalized spacial score (nSPS) is 13.8. The molecule has 0 aliphatic rings. The fraction of sp³-hybridized carbons (Fsp3) is 0.636. The molecule has 2 aromatic rings. The molecule has 0 aliphatic carbocycles. The minimum atomic E-state index is -0.803. The highest BCUT2D eigenvalue weighted by Gasteiger charge is 2.34. The first kappa shape index (κ1) is 31.2. The predicted molar refractivity (Wildman–Crippen MR) is 155 cm³/mol. The number of aromatic hydroxyl groups is 2. The van der Waals surface area contributed by atoms with Crippen LogP contribution in [0.1, 0.15) is 116 Å². The van der Waals surface area contributed by atoms with E-state index in [1.807, 2.05) is 24.3 Å². The van der Waals surface area contributed by atoms with Crippen molar-refractivity contribution in [2.75, 3.05) is 13.2 Å². The lowest BCUT2D eigenvalue weighted by molar-refractivity contribution is 0.0546. The molecule has 0 bridgehead atoms. The Balaban J connectivity index is 2.69. The molecule has 0 fully saturated rings. The Hall–Kier alpha value is -2.04. The zero-order valence-corrected chi connectivity index (χ0v) is 25.4. The molecule has 4 heteroatoms. The molecule has 208 valence electrons. The topological polar surface area (TPSA) is 80.9 Å². The molecule has 2 rings (SSSR count). The van der Waals surface area contributed by atoms with E-state index in [1.165, 1.54) is 0 Å². The lowest BCUT2D eigenvalue weighted by Crippen LogP contribution is -2.35. The second kappa shape index (κ2) is 10.3. The Morgan fingerprint density at radius 2 is 0.676 bits per heavy atom. The van der Waals surface area contributed by atoms with Gasteiger partial charge in [-0.25, -0.2) is 0 Å². The van der Waals surface area contributed by atoms with Gasteiger partial charge in [-0.2, -0.15) is 0 Å². The summed E-state index contributed by atoms with van der Waals surface area (Å²) >= 11 is 0. The van der Waals surface area contributed by atoms with E-state index in [-0.39, 0.29) is 34.9 Å². The van der Waals surface area contributed by atoms with E-state index in [0.29, 0.717) is 24.3 Å². The Morgan fingerprint density at radius 3 is 0.838 bits per heavy atom. The van der Waals surface area contributed by atoms with E-state index in [0.717, 1.165) is 33.4 Å². The van der Waals surface area contributed by atoms with Crippen LogP contribution in [-0.4, -0.2) is 33.6 Å². The minimum absolute atomic E-state index is 0.184. The quantitative estimate of drug-likeness (QED) is 0.334. The van der Waals surface area contributed by atoms with Gasteiger partial charge in [-0.3, -0.25) is 0 Å². The third-order valence-corrected chi connectivity index (χ3v) is 7.40. The lowest BCUT2D eigenvalue weighted by Gasteiger charge is -2.34. The molecular weight excluding hydrogens is 460 g/mol. The Labute approximate surface area is 225 Å². The SMILES string of the molecule is CC(C)(C)c1cc(CC(CO)(CO)Cc2cc(C(C)(C)C)c(O)c(C(C)(C)C)c2)cc(C(C)(C)C)c1O. The van der Waals surface area contributed by atoms with Crippen molar-refractivity contribution in [2.24, 2.45) is 5.41 Å². The molecule has 0 saturated carbocycles. The van der Waals surface area contributed by atoms with Gasteiger partial charge >= 0.3 is 0 Å². The van der Waals surface area contributed by atoms with Crippen LogP contribution in [0.4, 0.5) is 0 Å². The lowest BCUT2D eigenvalue weighted by atomic mass is 9.72. The number of phenols is 2. The van der Waals surface area contributed by atoms with Crippen molar-refractivity contribution in [1.82, 2.24) is 0 Å². The number of aliphatic hydroxyl groups is 2. The highest BCUT2D eigenvalue weighted by Crippen LogP contribution is 2.43. The number of hydrogen-bond acceptors (Lipinski definition) is 4. The van der Waals surface area contributed by atoms with Gasteiger partial charge in [-0.15, -0.1) is 0 Å². The predicted octanol–water partition coefficient (Wildman–Crippen LogP) is 7.04. The summed E-state index contributed by atoms with van der Waals surface area (Å²) in [5, 5.41) is 43.6. The molecule has 0 aliphatic heterocycles. The van der Waals surface area contributed by atoms with Crippen LogP contribution in [0, 0.1) is 5.41 Å². The maximum Gasteiger partial charge on any atom is 0.123 e. The van der Waals surface area contributed by atoms with Crippen molar-refractivity contribution in [3.63, 3.8) is 0 Å². The third-order valence-electron chi connectivity index (χ3n) is 7.40. The summed E-state index contributed by atoms with van der Waals surface area (Å²) in [7, 11) is 0. The van der Waals surface area contributed by atoms with Gasteiger partial charge in [0.25, 0.3) is 0 Å². The van der Waals surface area contributed by atoms with Crippen LogP contribution in [0.25, 0.3) is 0 Å². The molecule has 0 unspecified atom stereocenters. The van der Waals surface area contributed by atoms with Crippen LogP contribution >= 0.6 is 0 Å². The molecule has 0 saturated heterocycles. The van der Waals surface area contributed by atoms with Crippen LogP contribution < -0.4 is 0 Å². The van der Waals surface area contributed by atoms with Gasteiger partial charge in [0.1, 0.15) is 11.5 Å². The summed E-state index contributed by atoms with van der Waals surface area (Å²) in [6.45, 7) is 24.7. The van der Waals surface area contributed by atoms with Crippen LogP contribution in [0.5, 0.6) is 11.5 Å². The first-order valence-electron chi connectivity index (χ1n) is 13.5. The average Bonchev–Trinajstić information content (AvgIpc) is 2.72. The van der Waals surface area contributed by atoms with E-state index in [1.54, 1.807) is 0 Å². The fourth-order valence-corrected chi connectivity index (χ4v) is 5.08. The molecule has 0 heterocycles. The van der Waals surface area contributed by atoms with Crippen molar-refractivity contribution in [2.45, 2.75) is 118 Å². The molecule has 0 amide bonds. The van der Waals surface area contributed by atoms with Gasteiger partial charge < -0.3 is 20.4 Å². The Bertz CT molecular complexity index is 940. The van der Waals surface area contributed by atoms with Crippen molar-refractivity contribution >= 4 is 0 Å². The van der Waals surface area contributed by atoms with E-state index in [4.69, 9.17) is 0 Å². The molecular formula is C33H52O4. The maximum absolute atomic E-state index is 11.1. The van der Waals surface area contributed by atoms with Gasteiger partial charge in [0.15, 0.2) is 0 Å². The molecule has 37 heavy (non-hydrogen) atoms. The molecule has 2 aromatic carbocycles. The van der Waals surface area contributed by atoms with E-state index < -0.39 is 5.41 Å². The maximum atomic E-state index is 11.1. The van der Waals surface area contributed by atoms with Crippen LogP contribution in [0.15, 0.2) is 24.3 Å². The van der Waals surface area contributed by atoms with Crippen molar-refractivity contribution in [3.8, 4) is 11.5 Å². The second-order valence-corrected chi connectivity index (χ2v) is 15.2. The molecule has 0 radical (unpaired) electrons. The van der Waals surface area contributed by atoms with Gasteiger partial charge in [0, 0.05) is 5.41 Å². The number of hydrogen-bond donors (Lipinski definition) is 4. The summed E-state index contributed by atoms with van der Waals surface area (Å²) in [5.74, 6) is 0.649. The first-order chi connectivity index (χ1) is 16.6. The highest BCUT2D eigenvalue weighted by atomic mass is 16.3. The molecule has 0 spiro atoms. The fourth-order valence-electron chi connectivity index (χ4n) is 5.08. The van der Waals surface area contributed by atoms with Crippen LogP contribution in [0.3, 0.4) is 0 Å². The summed E-state index contributed by atoms with van der Waals surface area (Å²) in [6, 6.07) is 8.12. The minimum Gasteiger partial charge on any atom is -0.507 e. The van der Waals surface area contributed by atoms with E-state index in [9.17, 15) is 20.4 Å². The van der Waals surface area contributed by atoms with Crippen LogP contribution in [0.2, 0.25) is 0 Å². The number of rotatable bonds is 6. The summed E-state index contributed by atoms with van der Waals surface area (Å²) in [4.78, 5) is 0. The number of aliphatic hydroxyl groups excluding tert-OH is 2. The highest BCUT2D eigenvalue weighted by molar-refractivity contribution is 5.51. The zero-order chi connectivity index (χ0) is 28.8. The van der Waals surface area contributed by atoms with Gasteiger partial charge in [-0.1, -0.05) is 107 Å². The Morgan fingerprint density at radius 1 is 0.459 bits per heavy atom. The van der Waals surface area contributed by atoms with Crippen molar-refractivity contribution in [1.29, 1.82) is 0 Å². The first-order valence-corrected chi connectivity index (χ1v) is 13.5. The van der Waals surface area contributed by atoms with Gasteiger partial charge in [0.05, 0.1) is 13.2 Å². The smallest absolute Gasteiger partial charge is 0.123 e. The molecule has 0 atom stereocenters. The van der Waals surface area contributed by atoms with Gasteiger partial charge in [0.2, 0.25) is 0 Å². The zero-order valence-electron chi connectivity index (χ0n) is 25.4. The average molecular weight is 513 g/mol. The van der Waals surface area contributed by atoms with E-state index >= 15 is 0 Å².